The van der Waals surface area contributed by atoms with Crippen LogP contribution in [0.2, 0.25) is 5.02 Å². The molecule has 106 valence electrons. The van der Waals surface area contributed by atoms with Crippen molar-refractivity contribution in [3.05, 3.63) is 29.0 Å². The van der Waals surface area contributed by atoms with Crippen LogP contribution in [0, 0.1) is 5.92 Å². The highest BCUT2D eigenvalue weighted by Gasteiger charge is 2.28. The molecule has 2 aromatic rings. The van der Waals surface area contributed by atoms with E-state index in [0.29, 0.717) is 10.9 Å². The molecule has 4 nitrogen and oxygen atoms in total. The lowest BCUT2D eigenvalue weighted by Gasteiger charge is -2.31. The van der Waals surface area contributed by atoms with Crippen molar-refractivity contribution >= 4 is 29.4 Å². The number of hydrogen-bond donors (Lipinski definition) is 2. The summed E-state index contributed by atoms with van der Waals surface area (Å²) in [6, 6.07) is 2.14. The summed E-state index contributed by atoms with van der Waals surface area (Å²) in [6.07, 6.45) is 9.91. The number of nitrogens with zero attached hydrogens (tertiary/aromatic N) is 2. The third kappa shape index (κ3) is 2.40. The van der Waals surface area contributed by atoms with E-state index in [1.807, 2.05) is 12.3 Å². The zero-order chi connectivity index (χ0) is 13.9. The Bertz CT molecular complexity index is 601. The standard InChI is InChI=1S/C15H19ClN4/c1-17-20-14(10-5-3-2-4-6-10)13-11-7-8-18-15(11)19-9-12(13)16/h7-10,14,20H,1-6H2,(H,18,19). The number of aromatic amines is 1. The van der Waals surface area contributed by atoms with Gasteiger partial charge in [0.05, 0.1) is 11.1 Å². The van der Waals surface area contributed by atoms with Gasteiger partial charge in [-0.05, 0) is 24.8 Å². The molecule has 2 aromatic heterocycles. The van der Waals surface area contributed by atoms with E-state index in [0.717, 1.165) is 16.6 Å². The zero-order valence-corrected chi connectivity index (χ0v) is 12.2. The van der Waals surface area contributed by atoms with E-state index in [1.165, 1.54) is 32.1 Å². The molecule has 5 heteroatoms. The molecule has 1 atom stereocenters. The Labute approximate surface area is 123 Å². The maximum Gasteiger partial charge on any atom is 0.137 e. The molecule has 1 unspecified atom stereocenters. The molecule has 3 rings (SSSR count). The Kier molecular flexibility index (Phi) is 3.92. The Morgan fingerprint density at radius 2 is 2.20 bits per heavy atom. The van der Waals surface area contributed by atoms with Crippen molar-refractivity contribution in [1.82, 2.24) is 15.4 Å². The molecule has 0 aliphatic heterocycles. The lowest BCUT2D eigenvalue weighted by molar-refractivity contribution is 0.276. The van der Waals surface area contributed by atoms with Crippen LogP contribution in [0.4, 0.5) is 0 Å². The maximum absolute atomic E-state index is 6.43. The first-order valence-corrected chi connectivity index (χ1v) is 7.52. The number of H-pyrrole nitrogens is 1. The van der Waals surface area contributed by atoms with E-state index in [4.69, 9.17) is 11.6 Å². The van der Waals surface area contributed by atoms with E-state index in [9.17, 15) is 0 Å². The number of rotatable bonds is 4. The van der Waals surface area contributed by atoms with Gasteiger partial charge in [0.25, 0.3) is 0 Å². The van der Waals surface area contributed by atoms with E-state index in [-0.39, 0.29) is 6.04 Å². The molecule has 2 N–H and O–H groups in total. The molecule has 0 saturated heterocycles. The van der Waals surface area contributed by atoms with Crippen LogP contribution < -0.4 is 5.43 Å². The molecule has 2 heterocycles. The van der Waals surface area contributed by atoms with E-state index < -0.39 is 0 Å². The Morgan fingerprint density at radius 3 is 2.95 bits per heavy atom. The summed E-state index contributed by atoms with van der Waals surface area (Å²) in [4.78, 5) is 7.47. The summed E-state index contributed by atoms with van der Waals surface area (Å²) >= 11 is 6.43. The summed E-state index contributed by atoms with van der Waals surface area (Å²) in [7, 11) is 0. The van der Waals surface area contributed by atoms with E-state index >= 15 is 0 Å². The summed E-state index contributed by atoms with van der Waals surface area (Å²) in [6.45, 7) is 3.59. The molecular formula is C15H19ClN4. The first-order valence-electron chi connectivity index (χ1n) is 7.14. The fourth-order valence-electron chi connectivity index (χ4n) is 3.29. The topological polar surface area (TPSA) is 53.1 Å². The van der Waals surface area contributed by atoms with Crippen molar-refractivity contribution in [2.24, 2.45) is 11.0 Å². The van der Waals surface area contributed by atoms with Crippen LogP contribution in [-0.4, -0.2) is 16.7 Å². The minimum Gasteiger partial charge on any atom is -0.346 e. The number of nitrogens with one attached hydrogen (secondary N) is 2. The molecule has 0 aromatic carbocycles. The predicted molar refractivity (Wildman–Crippen MR) is 83.1 cm³/mol. The number of fused-ring (bicyclic) bond motifs is 1. The molecule has 1 saturated carbocycles. The first-order chi connectivity index (χ1) is 9.81. The zero-order valence-electron chi connectivity index (χ0n) is 11.4. The van der Waals surface area contributed by atoms with Gasteiger partial charge >= 0.3 is 0 Å². The highest BCUT2D eigenvalue weighted by molar-refractivity contribution is 6.32. The van der Waals surface area contributed by atoms with Crippen molar-refractivity contribution in [2.75, 3.05) is 0 Å². The monoisotopic (exact) mass is 290 g/mol. The summed E-state index contributed by atoms with van der Waals surface area (Å²) < 4.78 is 0. The van der Waals surface area contributed by atoms with Gasteiger partial charge in [0.15, 0.2) is 0 Å². The minimum atomic E-state index is 0.113. The molecule has 1 fully saturated rings. The van der Waals surface area contributed by atoms with Crippen LogP contribution in [0.1, 0.15) is 43.7 Å². The van der Waals surface area contributed by atoms with Gasteiger partial charge in [-0.15, -0.1) is 0 Å². The fourth-order valence-corrected chi connectivity index (χ4v) is 3.56. The summed E-state index contributed by atoms with van der Waals surface area (Å²) in [5.74, 6) is 0.548. The number of hydrogen-bond acceptors (Lipinski definition) is 3. The second-order valence-electron chi connectivity index (χ2n) is 5.42. The quantitative estimate of drug-likeness (QED) is 0.659. The average molecular weight is 291 g/mol. The molecule has 0 radical (unpaired) electrons. The number of hydrazone groups is 1. The van der Waals surface area contributed by atoms with Crippen molar-refractivity contribution in [2.45, 2.75) is 38.1 Å². The molecule has 0 amide bonds. The minimum absolute atomic E-state index is 0.113. The molecule has 1 aliphatic carbocycles. The molecule has 0 spiro atoms. The summed E-state index contributed by atoms with van der Waals surface area (Å²) in [5.41, 5.74) is 5.15. The number of aromatic nitrogens is 2. The average Bonchev–Trinajstić information content (AvgIpc) is 2.95. The second-order valence-corrected chi connectivity index (χ2v) is 5.83. The van der Waals surface area contributed by atoms with Gasteiger partial charge in [-0.1, -0.05) is 30.9 Å². The Balaban J connectivity index is 2.05. The van der Waals surface area contributed by atoms with Crippen molar-refractivity contribution < 1.29 is 0 Å². The van der Waals surface area contributed by atoms with Crippen LogP contribution in [-0.2, 0) is 0 Å². The van der Waals surface area contributed by atoms with Gasteiger partial charge in [0.1, 0.15) is 5.65 Å². The number of pyridine rings is 1. The Morgan fingerprint density at radius 1 is 1.40 bits per heavy atom. The highest BCUT2D eigenvalue weighted by atomic mass is 35.5. The third-order valence-corrected chi connectivity index (χ3v) is 4.54. The van der Waals surface area contributed by atoms with Crippen LogP contribution in [0.25, 0.3) is 11.0 Å². The highest BCUT2D eigenvalue weighted by Crippen LogP contribution is 2.39. The van der Waals surface area contributed by atoms with E-state index in [2.05, 4.69) is 27.2 Å². The van der Waals surface area contributed by atoms with Gasteiger partial charge in [-0.25, -0.2) is 4.98 Å². The van der Waals surface area contributed by atoms with Gasteiger partial charge in [-0.2, -0.15) is 5.10 Å². The van der Waals surface area contributed by atoms with Gasteiger partial charge in [0.2, 0.25) is 0 Å². The van der Waals surface area contributed by atoms with Crippen LogP contribution in [0.3, 0.4) is 0 Å². The molecular weight excluding hydrogens is 272 g/mol. The lowest BCUT2D eigenvalue weighted by atomic mass is 9.81. The Hall–Kier alpha value is -1.55. The van der Waals surface area contributed by atoms with Gasteiger partial charge in [-0.3, -0.25) is 0 Å². The van der Waals surface area contributed by atoms with Crippen LogP contribution >= 0.6 is 11.6 Å². The van der Waals surface area contributed by atoms with Gasteiger partial charge < -0.3 is 10.4 Å². The molecule has 0 bridgehead atoms. The van der Waals surface area contributed by atoms with E-state index in [1.54, 1.807) is 6.20 Å². The fraction of sp³-hybridized carbons (Fsp3) is 0.467. The van der Waals surface area contributed by atoms with Crippen LogP contribution in [0.15, 0.2) is 23.6 Å². The van der Waals surface area contributed by atoms with Crippen molar-refractivity contribution in [1.29, 1.82) is 0 Å². The predicted octanol–water partition coefficient (Wildman–Crippen LogP) is 4.04. The SMILES string of the molecule is C=NNC(c1c(Cl)cnc2[nH]ccc12)C1CCCCC1. The van der Waals surface area contributed by atoms with Gasteiger partial charge in [0, 0.05) is 30.1 Å². The second kappa shape index (κ2) is 5.83. The largest absolute Gasteiger partial charge is 0.346 e. The number of halogens is 1. The molecule has 1 aliphatic rings. The molecule has 20 heavy (non-hydrogen) atoms. The summed E-state index contributed by atoms with van der Waals surface area (Å²) in [5, 5.41) is 5.70. The first kappa shape index (κ1) is 13.4. The van der Waals surface area contributed by atoms with Crippen molar-refractivity contribution in [3.63, 3.8) is 0 Å². The maximum atomic E-state index is 6.43. The lowest BCUT2D eigenvalue weighted by Crippen LogP contribution is -2.26. The van der Waals surface area contributed by atoms with Crippen LogP contribution in [0.5, 0.6) is 0 Å². The third-order valence-electron chi connectivity index (χ3n) is 4.24. The smallest absolute Gasteiger partial charge is 0.137 e. The normalized spacial score (nSPS) is 18.1. The van der Waals surface area contributed by atoms with Crippen molar-refractivity contribution in [3.8, 4) is 0 Å².